The smallest absolute Gasteiger partial charge is 0.254 e. The second kappa shape index (κ2) is 8.73. The first-order valence-corrected chi connectivity index (χ1v) is 10.00. The standard InChI is InChI=1S/C23H25N5O/c1-2-18-6-8-20(9-7-18)26-21-17-19(10-12-24-21)23(29)28-15-13-27(14-16-28)22-5-3-4-11-25-22/h3-12,17H,2,13-16H2,1H3,(H,24,26). The third-order valence-corrected chi connectivity index (χ3v) is 5.18. The third kappa shape index (κ3) is 4.54. The van der Waals surface area contributed by atoms with Crippen molar-refractivity contribution in [2.24, 2.45) is 0 Å². The minimum absolute atomic E-state index is 0.0393. The van der Waals surface area contributed by atoms with Crippen LogP contribution in [0.3, 0.4) is 0 Å². The number of piperazine rings is 1. The molecule has 29 heavy (non-hydrogen) atoms. The first kappa shape index (κ1) is 18.9. The second-order valence-electron chi connectivity index (χ2n) is 7.07. The third-order valence-electron chi connectivity index (χ3n) is 5.18. The van der Waals surface area contributed by atoms with Crippen LogP contribution in [0.2, 0.25) is 0 Å². The second-order valence-corrected chi connectivity index (χ2v) is 7.07. The SMILES string of the molecule is CCc1ccc(Nc2cc(C(=O)N3CCN(c4ccccn4)CC3)ccn2)cc1. The molecular formula is C23H25N5O. The number of aromatic nitrogens is 2. The highest BCUT2D eigenvalue weighted by Gasteiger charge is 2.23. The van der Waals surface area contributed by atoms with E-state index in [0.717, 1.165) is 31.0 Å². The first-order chi connectivity index (χ1) is 14.2. The number of anilines is 3. The normalized spacial score (nSPS) is 14.0. The number of carbonyl (C=O) groups is 1. The number of aryl methyl sites for hydroxylation is 1. The lowest BCUT2D eigenvalue weighted by Crippen LogP contribution is -2.49. The van der Waals surface area contributed by atoms with Gasteiger partial charge in [-0.05, 0) is 48.4 Å². The van der Waals surface area contributed by atoms with E-state index in [4.69, 9.17) is 0 Å². The molecule has 3 aromatic rings. The van der Waals surface area contributed by atoms with Gasteiger partial charge in [-0.2, -0.15) is 0 Å². The Balaban J connectivity index is 1.39. The predicted molar refractivity (Wildman–Crippen MR) is 116 cm³/mol. The van der Waals surface area contributed by atoms with Gasteiger partial charge in [0.05, 0.1) is 0 Å². The highest BCUT2D eigenvalue weighted by molar-refractivity contribution is 5.95. The summed E-state index contributed by atoms with van der Waals surface area (Å²) in [7, 11) is 0. The molecule has 1 amide bonds. The number of nitrogens with zero attached hydrogens (tertiary/aromatic N) is 4. The zero-order valence-corrected chi connectivity index (χ0v) is 16.6. The number of benzene rings is 1. The van der Waals surface area contributed by atoms with Crippen molar-refractivity contribution >= 4 is 23.2 Å². The molecule has 1 saturated heterocycles. The molecule has 0 aliphatic carbocycles. The summed E-state index contributed by atoms with van der Waals surface area (Å²) in [6.45, 7) is 5.05. The van der Waals surface area contributed by atoms with Crippen molar-refractivity contribution in [3.63, 3.8) is 0 Å². The summed E-state index contributed by atoms with van der Waals surface area (Å²) >= 11 is 0. The van der Waals surface area contributed by atoms with Crippen LogP contribution in [-0.2, 0) is 6.42 Å². The van der Waals surface area contributed by atoms with Crippen molar-refractivity contribution in [1.29, 1.82) is 0 Å². The Kier molecular flexibility index (Phi) is 5.70. The van der Waals surface area contributed by atoms with Crippen molar-refractivity contribution in [2.45, 2.75) is 13.3 Å². The van der Waals surface area contributed by atoms with E-state index in [0.29, 0.717) is 24.5 Å². The molecule has 0 bridgehead atoms. The van der Waals surface area contributed by atoms with Crippen LogP contribution in [0.4, 0.5) is 17.3 Å². The number of nitrogens with one attached hydrogen (secondary N) is 1. The summed E-state index contributed by atoms with van der Waals surface area (Å²) in [5.41, 5.74) is 2.90. The largest absolute Gasteiger partial charge is 0.353 e. The molecule has 6 heteroatoms. The van der Waals surface area contributed by atoms with Crippen LogP contribution in [0, 0.1) is 0 Å². The molecule has 3 heterocycles. The topological polar surface area (TPSA) is 61.4 Å². The molecule has 6 nitrogen and oxygen atoms in total. The van der Waals surface area contributed by atoms with Gasteiger partial charge in [-0.15, -0.1) is 0 Å². The lowest BCUT2D eigenvalue weighted by Gasteiger charge is -2.35. The van der Waals surface area contributed by atoms with E-state index < -0.39 is 0 Å². The number of amides is 1. The zero-order chi connectivity index (χ0) is 20.1. The molecule has 0 unspecified atom stereocenters. The summed E-state index contributed by atoms with van der Waals surface area (Å²) in [5, 5.41) is 3.28. The van der Waals surface area contributed by atoms with E-state index in [-0.39, 0.29) is 5.91 Å². The van der Waals surface area contributed by atoms with Crippen LogP contribution in [-0.4, -0.2) is 47.0 Å². The van der Waals surface area contributed by atoms with Crippen LogP contribution < -0.4 is 10.2 Å². The maximum atomic E-state index is 13.0. The summed E-state index contributed by atoms with van der Waals surface area (Å²) < 4.78 is 0. The average Bonchev–Trinajstić information content (AvgIpc) is 2.80. The highest BCUT2D eigenvalue weighted by atomic mass is 16.2. The first-order valence-electron chi connectivity index (χ1n) is 10.00. The van der Waals surface area contributed by atoms with E-state index in [9.17, 15) is 4.79 Å². The van der Waals surface area contributed by atoms with Gasteiger partial charge in [0.2, 0.25) is 0 Å². The Morgan fingerprint density at radius 2 is 1.76 bits per heavy atom. The zero-order valence-electron chi connectivity index (χ0n) is 16.6. The number of rotatable bonds is 5. The number of carbonyl (C=O) groups excluding carboxylic acids is 1. The quantitative estimate of drug-likeness (QED) is 0.723. The van der Waals surface area contributed by atoms with Gasteiger partial charge in [-0.3, -0.25) is 4.79 Å². The Morgan fingerprint density at radius 1 is 0.966 bits per heavy atom. The number of pyridine rings is 2. The Morgan fingerprint density at radius 3 is 2.45 bits per heavy atom. The molecule has 1 aromatic carbocycles. The van der Waals surface area contributed by atoms with Gasteiger partial charge in [0.25, 0.3) is 5.91 Å². The minimum atomic E-state index is 0.0393. The lowest BCUT2D eigenvalue weighted by atomic mass is 10.1. The summed E-state index contributed by atoms with van der Waals surface area (Å²) in [6, 6.07) is 17.8. The van der Waals surface area contributed by atoms with Crippen LogP contribution >= 0.6 is 0 Å². The van der Waals surface area contributed by atoms with E-state index in [2.05, 4.69) is 39.2 Å². The molecule has 1 aliphatic rings. The van der Waals surface area contributed by atoms with Gasteiger partial charge in [-0.1, -0.05) is 25.1 Å². The molecule has 0 spiro atoms. The molecule has 1 aliphatic heterocycles. The Hall–Kier alpha value is -3.41. The molecule has 0 saturated carbocycles. The number of hydrogen-bond donors (Lipinski definition) is 1. The summed E-state index contributed by atoms with van der Waals surface area (Å²) in [4.78, 5) is 25.8. The van der Waals surface area contributed by atoms with E-state index in [1.165, 1.54) is 5.56 Å². The molecule has 0 radical (unpaired) electrons. The molecule has 148 valence electrons. The van der Waals surface area contributed by atoms with Crippen LogP contribution in [0.25, 0.3) is 0 Å². The van der Waals surface area contributed by atoms with E-state index in [1.54, 1.807) is 18.5 Å². The van der Waals surface area contributed by atoms with Gasteiger partial charge in [0.15, 0.2) is 0 Å². The van der Waals surface area contributed by atoms with Crippen molar-refractivity contribution < 1.29 is 4.79 Å². The van der Waals surface area contributed by atoms with Gasteiger partial charge >= 0.3 is 0 Å². The van der Waals surface area contributed by atoms with Crippen LogP contribution in [0.1, 0.15) is 22.8 Å². The molecular weight excluding hydrogens is 362 g/mol. The fraction of sp³-hybridized carbons (Fsp3) is 0.261. The van der Waals surface area contributed by atoms with Crippen molar-refractivity contribution in [2.75, 3.05) is 36.4 Å². The Labute approximate surface area is 171 Å². The molecule has 4 rings (SSSR count). The van der Waals surface area contributed by atoms with E-state index in [1.807, 2.05) is 41.3 Å². The van der Waals surface area contributed by atoms with Crippen molar-refractivity contribution in [3.05, 3.63) is 78.1 Å². The minimum Gasteiger partial charge on any atom is -0.353 e. The van der Waals surface area contributed by atoms with Gasteiger partial charge in [0.1, 0.15) is 11.6 Å². The van der Waals surface area contributed by atoms with Gasteiger partial charge < -0.3 is 15.1 Å². The fourth-order valence-electron chi connectivity index (χ4n) is 3.47. The van der Waals surface area contributed by atoms with Crippen molar-refractivity contribution in [1.82, 2.24) is 14.9 Å². The highest BCUT2D eigenvalue weighted by Crippen LogP contribution is 2.19. The summed E-state index contributed by atoms with van der Waals surface area (Å²) in [6.07, 6.45) is 4.49. The Bertz CT molecular complexity index is 951. The monoisotopic (exact) mass is 387 g/mol. The maximum Gasteiger partial charge on any atom is 0.254 e. The molecule has 1 N–H and O–H groups in total. The lowest BCUT2D eigenvalue weighted by molar-refractivity contribution is 0.0746. The predicted octanol–water partition coefficient (Wildman–Crippen LogP) is 3.75. The van der Waals surface area contributed by atoms with E-state index >= 15 is 0 Å². The van der Waals surface area contributed by atoms with Crippen molar-refractivity contribution in [3.8, 4) is 0 Å². The average molecular weight is 387 g/mol. The fourth-order valence-corrected chi connectivity index (χ4v) is 3.47. The molecule has 0 atom stereocenters. The maximum absolute atomic E-state index is 13.0. The number of hydrogen-bond acceptors (Lipinski definition) is 5. The van der Waals surface area contributed by atoms with Gasteiger partial charge in [0, 0.05) is 49.8 Å². The molecule has 2 aromatic heterocycles. The van der Waals surface area contributed by atoms with Gasteiger partial charge in [-0.25, -0.2) is 9.97 Å². The van der Waals surface area contributed by atoms with Crippen LogP contribution in [0.15, 0.2) is 67.0 Å². The summed E-state index contributed by atoms with van der Waals surface area (Å²) in [5.74, 6) is 1.67. The molecule has 1 fully saturated rings. The van der Waals surface area contributed by atoms with Crippen LogP contribution in [0.5, 0.6) is 0 Å².